The topological polar surface area (TPSA) is 99.0 Å². The zero-order valence-electron chi connectivity index (χ0n) is 13.8. The summed E-state index contributed by atoms with van der Waals surface area (Å²) >= 11 is 0. The first kappa shape index (κ1) is 15.0. The SMILES string of the molecule is Cc1ncc(-c2cc(-c3ccc4c(c3)OCO4)nc(N)c2C#N)n1C. The molecule has 0 saturated heterocycles. The summed E-state index contributed by atoms with van der Waals surface area (Å²) < 4.78 is 12.7. The fourth-order valence-corrected chi connectivity index (χ4v) is 2.84. The Bertz CT molecular complexity index is 1030. The molecule has 3 aromatic rings. The van der Waals surface area contributed by atoms with Crippen LogP contribution < -0.4 is 15.2 Å². The minimum absolute atomic E-state index is 0.187. The van der Waals surface area contributed by atoms with E-state index < -0.39 is 0 Å². The van der Waals surface area contributed by atoms with E-state index in [9.17, 15) is 5.26 Å². The van der Waals surface area contributed by atoms with Crippen LogP contribution in [0, 0.1) is 18.3 Å². The van der Waals surface area contributed by atoms with E-state index >= 15 is 0 Å². The van der Waals surface area contributed by atoms with Gasteiger partial charge < -0.3 is 19.8 Å². The number of nitrogen functional groups attached to an aromatic ring is 1. The highest BCUT2D eigenvalue weighted by Crippen LogP contribution is 2.37. The van der Waals surface area contributed by atoms with Crippen LogP contribution in [-0.4, -0.2) is 21.3 Å². The molecule has 0 amide bonds. The molecule has 1 aliphatic heterocycles. The standard InChI is InChI=1S/C18H15N5O2/c1-10-21-8-15(23(10)2)12-6-14(22-18(20)13(12)7-19)11-3-4-16-17(5-11)25-9-24-16/h3-6,8H,9H2,1-2H3,(H2,20,22). The van der Waals surface area contributed by atoms with Crippen molar-refractivity contribution in [1.29, 1.82) is 5.26 Å². The molecule has 0 bridgehead atoms. The average Bonchev–Trinajstić information content (AvgIpc) is 3.20. The molecular weight excluding hydrogens is 318 g/mol. The number of nitriles is 1. The van der Waals surface area contributed by atoms with Crippen molar-refractivity contribution in [2.24, 2.45) is 7.05 Å². The first-order valence-electron chi connectivity index (χ1n) is 7.68. The Kier molecular flexibility index (Phi) is 3.32. The molecule has 0 radical (unpaired) electrons. The summed E-state index contributed by atoms with van der Waals surface area (Å²) in [5, 5.41) is 9.51. The van der Waals surface area contributed by atoms with Gasteiger partial charge in [0.15, 0.2) is 11.5 Å². The van der Waals surface area contributed by atoms with Crippen LogP contribution in [0.15, 0.2) is 30.5 Å². The van der Waals surface area contributed by atoms with Crippen LogP contribution in [-0.2, 0) is 7.05 Å². The molecular formula is C18H15N5O2. The van der Waals surface area contributed by atoms with Gasteiger partial charge in [-0.05, 0) is 31.2 Å². The zero-order chi connectivity index (χ0) is 17.6. The number of imidazole rings is 1. The molecule has 1 aliphatic rings. The van der Waals surface area contributed by atoms with Crippen LogP contribution in [0.2, 0.25) is 0 Å². The molecule has 25 heavy (non-hydrogen) atoms. The predicted octanol–water partition coefficient (Wildman–Crippen LogP) is 2.64. The normalized spacial score (nSPS) is 12.2. The Morgan fingerprint density at radius 3 is 2.76 bits per heavy atom. The van der Waals surface area contributed by atoms with Crippen LogP contribution in [0.3, 0.4) is 0 Å². The van der Waals surface area contributed by atoms with Gasteiger partial charge in [0.2, 0.25) is 6.79 Å². The van der Waals surface area contributed by atoms with Crippen LogP contribution in [0.4, 0.5) is 5.82 Å². The summed E-state index contributed by atoms with van der Waals surface area (Å²) in [5.41, 5.74) is 9.40. The Morgan fingerprint density at radius 2 is 2.04 bits per heavy atom. The van der Waals surface area contributed by atoms with Crippen LogP contribution >= 0.6 is 0 Å². The highest BCUT2D eigenvalue weighted by molar-refractivity contribution is 5.79. The molecule has 2 N–H and O–H groups in total. The van der Waals surface area contributed by atoms with Gasteiger partial charge in [0, 0.05) is 18.2 Å². The van der Waals surface area contributed by atoms with Crippen LogP contribution in [0.5, 0.6) is 11.5 Å². The molecule has 3 heterocycles. The summed E-state index contributed by atoms with van der Waals surface area (Å²) in [5.74, 6) is 2.40. The van der Waals surface area contributed by atoms with E-state index in [1.165, 1.54) is 0 Å². The Labute approximate surface area is 144 Å². The van der Waals surface area contributed by atoms with Crippen molar-refractivity contribution in [1.82, 2.24) is 14.5 Å². The Balaban J connectivity index is 1.91. The second-order valence-electron chi connectivity index (χ2n) is 5.74. The molecule has 124 valence electrons. The van der Waals surface area contributed by atoms with Crippen LogP contribution in [0.25, 0.3) is 22.5 Å². The first-order chi connectivity index (χ1) is 12.1. The number of nitrogens with zero attached hydrogens (tertiary/aromatic N) is 4. The van der Waals surface area contributed by atoms with E-state index in [1.54, 1.807) is 6.20 Å². The van der Waals surface area contributed by atoms with E-state index in [2.05, 4.69) is 16.0 Å². The molecule has 4 rings (SSSR count). The zero-order valence-corrected chi connectivity index (χ0v) is 13.8. The minimum Gasteiger partial charge on any atom is -0.454 e. The highest BCUT2D eigenvalue weighted by Gasteiger charge is 2.19. The molecule has 7 nitrogen and oxygen atoms in total. The maximum Gasteiger partial charge on any atom is 0.231 e. The van der Waals surface area contributed by atoms with Crippen molar-refractivity contribution in [3.63, 3.8) is 0 Å². The molecule has 0 saturated carbocycles. The largest absolute Gasteiger partial charge is 0.454 e. The van der Waals surface area contributed by atoms with Gasteiger partial charge in [-0.3, -0.25) is 0 Å². The van der Waals surface area contributed by atoms with Crippen molar-refractivity contribution >= 4 is 5.82 Å². The summed E-state index contributed by atoms with van der Waals surface area (Å²) in [4.78, 5) is 8.69. The van der Waals surface area contributed by atoms with Crippen molar-refractivity contribution < 1.29 is 9.47 Å². The predicted molar refractivity (Wildman–Crippen MR) is 91.9 cm³/mol. The third-order valence-electron chi connectivity index (χ3n) is 4.32. The van der Waals surface area contributed by atoms with E-state index in [1.807, 2.05) is 42.8 Å². The van der Waals surface area contributed by atoms with Gasteiger partial charge >= 0.3 is 0 Å². The number of hydrogen-bond donors (Lipinski definition) is 1. The van der Waals surface area contributed by atoms with E-state index in [4.69, 9.17) is 15.2 Å². The lowest BCUT2D eigenvalue weighted by atomic mass is 10.0. The second kappa shape index (κ2) is 5.53. The number of aromatic nitrogens is 3. The van der Waals surface area contributed by atoms with Gasteiger partial charge in [-0.25, -0.2) is 9.97 Å². The number of rotatable bonds is 2. The van der Waals surface area contributed by atoms with E-state index in [-0.39, 0.29) is 12.6 Å². The molecule has 0 aliphatic carbocycles. The van der Waals surface area contributed by atoms with Gasteiger partial charge in [-0.15, -0.1) is 0 Å². The monoisotopic (exact) mass is 333 g/mol. The van der Waals surface area contributed by atoms with Gasteiger partial charge in [0.25, 0.3) is 0 Å². The average molecular weight is 333 g/mol. The summed E-state index contributed by atoms with van der Waals surface area (Å²) in [7, 11) is 1.90. The molecule has 0 unspecified atom stereocenters. The van der Waals surface area contributed by atoms with Gasteiger partial charge in [-0.1, -0.05) is 0 Å². The fourth-order valence-electron chi connectivity index (χ4n) is 2.84. The lowest BCUT2D eigenvalue weighted by molar-refractivity contribution is 0.174. The second-order valence-corrected chi connectivity index (χ2v) is 5.74. The highest BCUT2D eigenvalue weighted by atomic mass is 16.7. The number of ether oxygens (including phenoxy) is 2. The molecule has 7 heteroatoms. The molecule has 0 spiro atoms. The lowest BCUT2D eigenvalue weighted by Crippen LogP contribution is -2.02. The first-order valence-corrected chi connectivity index (χ1v) is 7.68. The third-order valence-corrected chi connectivity index (χ3v) is 4.32. The number of pyridine rings is 1. The van der Waals surface area contributed by atoms with E-state index in [0.717, 1.165) is 17.1 Å². The van der Waals surface area contributed by atoms with Gasteiger partial charge in [-0.2, -0.15) is 5.26 Å². The number of hydrogen-bond acceptors (Lipinski definition) is 6. The third kappa shape index (κ3) is 2.35. The molecule has 0 fully saturated rings. The summed E-state index contributed by atoms with van der Waals surface area (Å²) in [6, 6.07) is 9.58. The van der Waals surface area contributed by atoms with Crippen molar-refractivity contribution in [3.05, 3.63) is 41.9 Å². The number of fused-ring (bicyclic) bond motifs is 1. The minimum atomic E-state index is 0.187. The van der Waals surface area contributed by atoms with E-state index in [0.29, 0.717) is 28.3 Å². The van der Waals surface area contributed by atoms with Crippen LogP contribution in [0.1, 0.15) is 11.4 Å². The maximum atomic E-state index is 9.51. The Morgan fingerprint density at radius 1 is 1.24 bits per heavy atom. The molecule has 2 aromatic heterocycles. The van der Waals surface area contributed by atoms with Gasteiger partial charge in [0.1, 0.15) is 23.3 Å². The van der Waals surface area contributed by atoms with Crippen molar-refractivity contribution in [2.45, 2.75) is 6.92 Å². The number of anilines is 1. The maximum absolute atomic E-state index is 9.51. The smallest absolute Gasteiger partial charge is 0.231 e. The van der Waals surface area contributed by atoms with Crippen molar-refractivity contribution in [3.8, 4) is 40.1 Å². The number of nitrogens with two attached hydrogens (primary N) is 1. The number of aryl methyl sites for hydroxylation is 1. The quantitative estimate of drug-likeness (QED) is 0.774. The molecule has 0 atom stereocenters. The Hall–Kier alpha value is -3.53. The lowest BCUT2D eigenvalue weighted by Gasteiger charge is -2.11. The summed E-state index contributed by atoms with van der Waals surface area (Å²) in [6.45, 7) is 2.11. The fraction of sp³-hybridized carbons (Fsp3) is 0.167. The summed E-state index contributed by atoms with van der Waals surface area (Å²) in [6.07, 6.45) is 1.73. The molecule has 1 aromatic carbocycles. The van der Waals surface area contributed by atoms with Gasteiger partial charge in [0.05, 0.1) is 17.6 Å². The number of benzene rings is 1. The van der Waals surface area contributed by atoms with Crippen molar-refractivity contribution in [2.75, 3.05) is 12.5 Å².